The standard InChI is InChI=1S/C20H17NO4/c1-13-4-2-3-5-14(13)7-9-20(24)25-12-18(22)15-6-8-17-16(10-15)11-19(23)21-17/h2-10H,11-12H2,1H3,(H,21,23)/b9-7+. The Morgan fingerprint density at radius 1 is 1.20 bits per heavy atom. The van der Waals surface area contributed by atoms with Crippen LogP contribution in [0.4, 0.5) is 5.69 Å². The first-order chi connectivity index (χ1) is 12.0. The van der Waals surface area contributed by atoms with Gasteiger partial charge in [-0.15, -0.1) is 0 Å². The summed E-state index contributed by atoms with van der Waals surface area (Å²) in [6, 6.07) is 12.6. The first-order valence-corrected chi connectivity index (χ1v) is 7.89. The number of ketones is 1. The Labute approximate surface area is 145 Å². The second kappa shape index (κ2) is 7.13. The van der Waals surface area contributed by atoms with E-state index in [1.165, 1.54) is 6.08 Å². The van der Waals surface area contributed by atoms with E-state index >= 15 is 0 Å². The molecule has 25 heavy (non-hydrogen) atoms. The number of anilines is 1. The van der Waals surface area contributed by atoms with Crippen molar-refractivity contribution in [2.24, 2.45) is 0 Å². The molecule has 0 saturated carbocycles. The molecule has 1 heterocycles. The van der Waals surface area contributed by atoms with Crippen molar-refractivity contribution in [3.8, 4) is 0 Å². The number of fused-ring (bicyclic) bond motifs is 1. The summed E-state index contributed by atoms with van der Waals surface area (Å²) in [5.41, 5.74) is 3.89. The zero-order valence-corrected chi connectivity index (χ0v) is 13.7. The van der Waals surface area contributed by atoms with Gasteiger partial charge in [0, 0.05) is 17.3 Å². The number of Topliss-reactive ketones (excluding diaryl/α,β-unsaturated/α-hetero) is 1. The van der Waals surface area contributed by atoms with Gasteiger partial charge in [0.15, 0.2) is 12.4 Å². The van der Waals surface area contributed by atoms with Crippen molar-refractivity contribution in [1.29, 1.82) is 0 Å². The number of amides is 1. The Bertz CT molecular complexity index is 883. The first kappa shape index (κ1) is 16.6. The van der Waals surface area contributed by atoms with E-state index in [1.54, 1.807) is 24.3 Å². The van der Waals surface area contributed by atoms with Gasteiger partial charge in [-0.05, 0) is 47.9 Å². The fourth-order valence-corrected chi connectivity index (χ4v) is 2.60. The van der Waals surface area contributed by atoms with Gasteiger partial charge in [-0.1, -0.05) is 24.3 Å². The molecule has 5 nitrogen and oxygen atoms in total. The van der Waals surface area contributed by atoms with Crippen LogP contribution < -0.4 is 5.32 Å². The Kier molecular flexibility index (Phi) is 4.75. The molecular formula is C20H17NO4. The highest BCUT2D eigenvalue weighted by Crippen LogP contribution is 2.24. The van der Waals surface area contributed by atoms with Crippen molar-refractivity contribution in [2.45, 2.75) is 13.3 Å². The largest absolute Gasteiger partial charge is 0.454 e. The van der Waals surface area contributed by atoms with Gasteiger partial charge >= 0.3 is 5.97 Å². The third-order valence-electron chi connectivity index (χ3n) is 3.99. The van der Waals surface area contributed by atoms with Crippen LogP contribution in [-0.4, -0.2) is 24.3 Å². The van der Waals surface area contributed by atoms with Crippen molar-refractivity contribution >= 4 is 29.4 Å². The third-order valence-corrected chi connectivity index (χ3v) is 3.99. The summed E-state index contributed by atoms with van der Waals surface area (Å²) in [6.07, 6.45) is 3.23. The predicted molar refractivity (Wildman–Crippen MR) is 94.3 cm³/mol. The van der Waals surface area contributed by atoms with E-state index in [0.717, 1.165) is 22.4 Å². The quantitative estimate of drug-likeness (QED) is 0.518. The molecule has 0 atom stereocenters. The number of carbonyl (C=O) groups is 3. The average Bonchev–Trinajstić information content (AvgIpc) is 2.98. The molecule has 0 aromatic heterocycles. The highest BCUT2D eigenvalue weighted by atomic mass is 16.5. The highest BCUT2D eigenvalue weighted by molar-refractivity contribution is 6.03. The van der Waals surface area contributed by atoms with Crippen LogP contribution in [0.1, 0.15) is 27.0 Å². The van der Waals surface area contributed by atoms with E-state index in [1.807, 2.05) is 31.2 Å². The smallest absolute Gasteiger partial charge is 0.331 e. The van der Waals surface area contributed by atoms with Gasteiger partial charge in [0.2, 0.25) is 5.91 Å². The number of nitrogens with one attached hydrogen (secondary N) is 1. The van der Waals surface area contributed by atoms with Gasteiger partial charge in [-0.3, -0.25) is 9.59 Å². The SMILES string of the molecule is Cc1ccccc1/C=C/C(=O)OCC(=O)c1ccc2c(c1)CC(=O)N2. The summed E-state index contributed by atoms with van der Waals surface area (Å²) in [5.74, 6) is -0.971. The van der Waals surface area contributed by atoms with Crippen LogP contribution in [0.15, 0.2) is 48.5 Å². The molecule has 126 valence electrons. The fourth-order valence-electron chi connectivity index (χ4n) is 2.60. The average molecular weight is 335 g/mol. The zero-order valence-electron chi connectivity index (χ0n) is 13.7. The maximum atomic E-state index is 12.2. The van der Waals surface area contributed by atoms with E-state index in [9.17, 15) is 14.4 Å². The summed E-state index contributed by atoms with van der Waals surface area (Å²) in [4.78, 5) is 35.3. The lowest BCUT2D eigenvalue weighted by Crippen LogP contribution is -2.12. The maximum absolute atomic E-state index is 12.2. The van der Waals surface area contributed by atoms with E-state index in [4.69, 9.17) is 4.74 Å². The van der Waals surface area contributed by atoms with Crippen molar-refractivity contribution in [2.75, 3.05) is 11.9 Å². The molecule has 1 aliphatic heterocycles. The molecule has 0 saturated heterocycles. The Hall–Kier alpha value is -3.21. The molecule has 0 radical (unpaired) electrons. The number of benzene rings is 2. The molecule has 2 aromatic rings. The number of hydrogen-bond donors (Lipinski definition) is 1. The van der Waals surface area contributed by atoms with Crippen LogP contribution in [0.5, 0.6) is 0 Å². The van der Waals surface area contributed by atoms with E-state index in [2.05, 4.69) is 5.32 Å². The number of esters is 1. The Morgan fingerprint density at radius 2 is 2.00 bits per heavy atom. The minimum absolute atomic E-state index is 0.0904. The topological polar surface area (TPSA) is 72.5 Å². The number of hydrogen-bond acceptors (Lipinski definition) is 4. The molecule has 5 heteroatoms. The Balaban J connectivity index is 1.57. The molecule has 0 unspecified atom stereocenters. The number of carbonyl (C=O) groups excluding carboxylic acids is 3. The molecular weight excluding hydrogens is 318 g/mol. The van der Waals surface area contributed by atoms with Gasteiger partial charge < -0.3 is 10.1 Å². The maximum Gasteiger partial charge on any atom is 0.331 e. The second-order valence-electron chi connectivity index (χ2n) is 5.82. The van der Waals surface area contributed by atoms with Crippen molar-refractivity contribution in [3.63, 3.8) is 0 Å². The third kappa shape index (κ3) is 4.01. The first-order valence-electron chi connectivity index (χ1n) is 7.89. The molecule has 0 fully saturated rings. The molecule has 3 rings (SSSR count). The Morgan fingerprint density at radius 3 is 2.80 bits per heavy atom. The van der Waals surface area contributed by atoms with Gasteiger partial charge in [0.1, 0.15) is 0 Å². The van der Waals surface area contributed by atoms with Crippen LogP contribution in [-0.2, 0) is 20.7 Å². The molecule has 1 N–H and O–H groups in total. The molecule has 1 amide bonds. The van der Waals surface area contributed by atoms with Crippen molar-refractivity contribution in [1.82, 2.24) is 0 Å². The highest BCUT2D eigenvalue weighted by Gasteiger charge is 2.19. The lowest BCUT2D eigenvalue weighted by molar-refractivity contribution is -0.136. The fraction of sp³-hybridized carbons (Fsp3) is 0.150. The molecule has 2 aromatic carbocycles. The van der Waals surface area contributed by atoms with Crippen LogP contribution >= 0.6 is 0 Å². The normalized spacial score (nSPS) is 12.8. The minimum Gasteiger partial charge on any atom is -0.454 e. The molecule has 0 aliphatic carbocycles. The lowest BCUT2D eigenvalue weighted by atomic mass is 10.1. The van der Waals surface area contributed by atoms with E-state index in [-0.39, 0.29) is 24.7 Å². The summed E-state index contributed by atoms with van der Waals surface area (Å²) < 4.78 is 5.00. The monoisotopic (exact) mass is 335 g/mol. The lowest BCUT2D eigenvalue weighted by Gasteiger charge is -2.04. The zero-order chi connectivity index (χ0) is 17.8. The van der Waals surface area contributed by atoms with Gasteiger partial charge in [-0.25, -0.2) is 4.79 Å². The molecule has 0 spiro atoms. The van der Waals surface area contributed by atoms with Crippen LogP contribution in [0.3, 0.4) is 0 Å². The van der Waals surface area contributed by atoms with Crippen molar-refractivity contribution < 1.29 is 19.1 Å². The number of aryl methyl sites for hydroxylation is 1. The summed E-state index contributed by atoms with van der Waals surface area (Å²) in [6.45, 7) is 1.61. The number of rotatable bonds is 5. The van der Waals surface area contributed by atoms with E-state index in [0.29, 0.717) is 5.56 Å². The number of ether oxygens (including phenoxy) is 1. The molecule has 1 aliphatic rings. The summed E-state index contributed by atoms with van der Waals surface area (Å²) >= 11 is 0. The van der Waals surface area contributed by atoms with Crippen LogP contribution in [0.2, 0.25) is 0 Å². The van der Waals surface area contributed by atoms with Gasteiger partial charge in [-0.2, -0.15) is 0 Å². The van der Waals surface area contributed by atoms with E-state index < -0.39 is 5.97 Å². The van der Waals surface area contributed by atoms with Crippen molar-refractivity contribution in [3.05, 3.63) is 70.8 Å². The van der Waals surface area contributed by atoms with Gasteiger partial charge in [0.05, 0.1) is 6.42 Å². The summed E-state index contributed by atoms with van der Waals surface area (Å²) in [5, 5.41) is 2.71. The predicted octanol–water partition coefficient (Wildman–Crippen LogP) is 2.93. The van der Waals surface area contributed by atoms with Crippen LogP contribution in [0, 0.1) is 6.92 Å². The van der Waals surface area contributed by atoms with Crippen LogP contribution in [0.25, 0.3) is 6.08 Å². The van der Waals surface area contributed by atoms with Gasteiger partial charge in [0.25, 0.3) is 0 Å². The molecule has 0 bridgehead atoms. The summed E-state index contributed by atoms with van der Waals surface area (Å²) in [7, 11) is 0. The second-order valence-corrected chi connectivity index (χ2v) is 5.82. The minimum atomic E-state index is -0.574.